The van der Waals surface area contributed by atoms with Gasteiger partial charge in [-0.15, -0.1) is 0 Å². The van der Waals surface area contributed by atoms with E-state index in [1.165, 1.54) is 25.7 Å². The van der Waals surface area contributed by atoms with Crippen molar-refractivity contribution in [3.05, 3.63) is 0 Å². The fraction of sp³-hybridized carbons (Fsp3) is 0.909. The molecule has 1 amide bonds. The predicted molar refractivity (Wildman–Crippen MR) is 54.5 cm³/mol. The van der Waals surface area contributed by atoms with Gasteiger partial charge in [-0.2, -0.15) is 0 Å². The van der Waals surface area contributed by atoms with Gasteiger partial charge in [0.2, 0.25) is 5.91 Å². The number of hydrogen-bond donors (Lipinski definition) is 0. The van der Waals surface area contributed by atoms with Gasteiger partial charge in [-0.1, -0.05) is 13.8 Å². The van der Waals surface area contributed by atoms with Gasteiger partial charge in [0.15, 0.2) is 0 Å². The van der Waals surface area contributed by atoms with Crippen LogP contribution < -0.4 is 0 Å². The van der Waals surface area contributed by atoms with E-state index in [4.69, 9.17) is 0 Å². The summed E-state index contributed by atoms with van der Waals surface area (Å²) in [5, 5.41) is 0. The Morgan fingerprint density at radius 2 is 1.77 bits per heavy atom. The molecule has 76 valence electrons. The number of amides is 1. The minimum Gasteiger partial charge on any atom is -0.343 e. The number of rotatable bonds is 1. The highest BCUT2D eigenvalue weighted by Crippen LogP contribution is 2.36. The third-order valence-corrected chi connectivity index (χ3v) is 3.35. The van der Waals surface area contributed by atoms with Crippen molar-refractivity contribution in [2.24, 2.45) is 5.41 Å². The number of carbonyl (C=O) groups is 1. The lowest BCUT2D eigenvalue weighted by Crippen LogP contribution is -2.39. The van der Waals surface area contributed by atoms with Crippen LogP contribution in [0.5, 0.6) is 0 Å². The van der Waals surface area contributed by atoms with E-state index >= 15 is 0 Å². The zero-order chi connectivity index (χ0) is 10.1. The normalized spacial score (nSPS) is 22.8. The first-order chi connectivity index (χ1) is 5.92. The smallest absolute Gasteiger partial charge is 0.219 e. The lowest BCUT2D eigenvalue weighted by Gasteiger charge is -2.38. The lowest BCUT2D eigenvalue weighted by molar-refractivity contribution is -0.130. The van der Waals surface area contributed by atoms with Crippen molar-refractivity contribution >= 4 is 5.91 Å². The summed E-state index contributed by atoms with van der Waals surface area (Å²) in [4.78, 5) is 13.0. The van der Waals surface area contributed by atoms with Crippen LogP contribution in [0.3, 0.4) is 0 Å². The third kappa shape index (κ3) is 2.71. The molecular weight excluding hydrogens is 162 g/mol. The summed E-state index contributed by atoms with van der Waals surface area (Å²) in [5.41, 5.74) is 0.494. The zero-order valence-corrected chi connectivity index (χ0v) is 9.26. The molecule has 2 nitrogen and oxygen atoms in total. The van der Waals surface area contributed by atoms with Crippen LogP contribution in [0.1, 0.15) is 46.5 Å². The molecule has 0 radical (unpaired) electrons. The Bertz CT molecular complexity index is 188. The molecule has 0 aromatic heterocycles. The highest BCUT2D eigenvalue weighted by molar-refractivity contribution is 5.73. The van der Waals surface area contributed by atoms with Crippen LogP contribution in [0.4, 0.5) is 0 Å². The van der Waals surface area contributed by atoms with Gasteiger partial charge in [-0.3, -0.25) is 4.79 Å². The van der Waals surface area contributed by atoms with Crippen LogP contribution in [-0.4, -0.2) is 23.9 Å². The molecule has 0 aromatic rings. The molecule has 0 spiro atoms. The van der Waals surface area contributed by atoms with Crippen molar-refractivity contribution in [2.45, 2.75) is 52.5 Å². The van der Waals surface area contributed by atoms with Crippen LogP contribution in [0.25, 0.3) is 0 Å². The van der Waals surface area contributed by atoms with Gasteiger partial charge in [-0.25, -0.2) is 0 Å². The first-order valence-electron chi connectivity index (χ1n) is 5.16. The number of hydrogen-bond acceptors (Lipinski definition) is 1. The first-order valence-corrected chi connectivity index (χ1v) is 5.16. The summed E-state index contributed by atoms with van der Waals surface area (Å²) >= 11 is 0. The van der Waals surface area contributed by atoms with Crippen LogP contribution in [0.2, 0.25) is 0 Å². The minimum absolute atomic E-state index is 0.199. The van der Waals surface area contributed by atoms with Crippen molar-refractivity contribution in [1.29, 1.82) is 0 Å². The Hall–Kier alpha value is -0.530. The summed E-state index contributed by atoms with van der Waals surface area (Å²) in [6.45, 7) is 6.29. The molecule has 0 aromatic carbocycles. The molecule has 1 rings (SSSR count). The first kappa shape index (κ1) is 10.6. The summed E-state index contributed by atoms with van der Waals surface area (Å²) in [6.07, 6.45) is 4.83. The Kier molecular flexibility index (Phi) is 2.99. The lowest BCUT2D eigenvalue weighted by atomic mass is 9.75. The van der Waals surface area contributed by atoms with Crippen molar-refractivity contribution < 1.29 is 4.79 Å². The molecule has 0 bridgehead atoms. The zero-order valence-electron chi connectivity index (χ0n) is 9.26. The topological polar surface area (TPSA) is 20.3 Å². The number of carbonyl (C=O) groups excluding carboxylic acids is 1. The van der Waals surface area contributed by atoms with Crippen LogP contribution in [-0.2, 0) is 4.79 Å². The van der Waals surface area contributed by atoms with Crippen LogP contribution in [0, 0.1) is 5.41 Å². The standard InChI is InChI=1S/C11H21NO/c1-9(13)12(4)10-5-7-11(2,3)8-6-10/h10H,5-8H2,1-4H3. The fourth-order valence-electron chi connectivity index (χ4n) is 2.03. The molecule has 0 heterocycles. The molecule has 1 saturated carbocycles. The van der Waals surface area contributed by atoms with Crippen LogP contribution in [0.15, 0.2) is 0 Å². The van der Waals surface area contributed by atoms with E-state index in [1.54, 1.807) is 6.92 Å². The molecule has 0 atom stereocenters. The minimum atomic E-state index is 0.199. The third-order valence-electron chi connectivity index (χ3n) is 3.35. The number of nitrogens with zero attached hydrogens (tertiary/aromatic N) is 1. The Morgan fingerprint density at radius 1 is 1.31 bits per heavy atom. The molecule has 0 saturated heterocycles. The maximum absolute atomic E-state index is 11.1. The van der Waals surface area contributed by atoms with E-state index in [9.17, 15) is 4.79 Å². The Labute approximate surface area is 81.3 Å². The van der Waals surface area contributed by atoms with Crippen molar-refractivity contribution in [3.8, 4) is 0 Å². The summed E-state index contributed by atoms with van der Waals surface area (Å²) in [5.74, 6) is 0.199. The van der Waals surface area contributed by atoms with E-state index in [1.807, 2.05) is 11.9 Å². The quantitative estimate of drug-likeness (QED) is 0.611. The SMILES string of the molecule is CC(=O)N(C)C1CCC(C)(C)CC1. The van der Waals surface area contributed by atoms with Gasteiger partial charge in [0.1, 0.15) is 0 Å². The van der Waals surface area contributed by atoms with E-state index < -0.39 is 0 Å². The Balaban J connectivity index is 2.45. The second-order valence-corrected chi connectivity index (χ2v) is 5.03. The highest BCUT2D eigenvalue weighted by Gasteiger charge is 2.29. The molecular formula is C11H21NO. The molecule has 0 N–H and O–H groups in total. The van der Waals surface area contributed by atoms with Gasteiger partial charge in [-0.05, 0) is 31.1 Å². The van der Waals surface area contributed by atoms with Gasteiger partial charge < -0.3 is 4.90 Å². The molecule has 2 heteroatoms. The second-order valence-electron chi connectivity index (χ2n) is 5.03. The maximum Gasteiger partial charge on any atom is 0.219 e. The van der Waals surface area contributed by atoms with E-state index in [-0.39, 0.29) is 5.91 Å². The largest absolute Gasteiger partial charge is 0.343 e. The average molecular weight is 183 g/mol. The highest BCUT2D eigenvalue weighted by atomic mass is 16.2. The molecule has 1 fully saturated rings. The summed E-state index contributed by atoms with van der Waals surface area (Å²) < 4.78 is 0. The van der Waals surface area contributed by atoms with Gasteiger partial charge in [0, 0.05) is 20.0 Å². The second kappa shape index (κ2) is 3.69. The van der Waals surface area contributed by atoms with E-state index in [0.717, 1.165) is 0 Å². The molecule has 0 aliphatic heterocycles. The molecule has 1 aliphatic rings. The van der Waals surface area contributed by atoms with Crippen LogP contribution >= 0.6 is 0 Å². The maximum atomic E-state index is 11.1. The summed E-state index contributed by atoms with van der Waals surface area (Å²) in [6, 6.07) is 0.491. The molecule has 1 aliphatic carbocycles. The van der Waals surface area contributed by atoms with Crippen molar-refractivity contribution in [1.82, 2.24) is 4.90 Å². The Morgan fingerprint density at radius 3 is 2.15 bits per heavy atom. The molecule has 0 unspecified atom stereocenters. The predicted octanol–water partition coefficient (Wildman–Crippen LogP) is 2.43. The fourth-order valence-corrected chi connectivity index (χ4v) is 2.03. The molecule has 13 heavy (non-hydrogen) atoms. The van der Waals surface area contributed by atoms with Crippen molar-refractivity contribution in [3.63, 3.8) is 0 Å². The van der Waals surface area contributed by atoms with Crippen molar-refractivity contribution in [2.75, 3.05) is 7.05 Å². The van der Waals surface area contributed by atoms with Gasteiger partial charge in [0.05, 0.1) is 0 Å². The monoisotopic (exact) mass is 183 g/mol. The van der Waals surface area contributed by atoms with Gasteiger partial charge >= 0.3 is 0 Å². The van der Waals surface area contributed by atoms with E-state index in [0.29, 0.717) is 11.5 Å². The average Bonchev–Trinajstić information content (AvgIpc) is 2.03. The summed E-state index contributed by atoms with van der Waals surface area (Å²) in [7, 11) is 1.92. The van der Waals surface area contributed by atoms with Gasteiger partial charge in [0.25, 0.3) is 0 Å². The van der Waals surface area contributed by atoms with E-state index in [2.05, 4.69) is 13.8 Å².